The fourth-order valence-electron chi connectivity index (χ4n) is 3.49. The summed E-state index contributed by atoms with van der Waals surface area (Å²) in [6.07, 6.45) is 0.898. The summed E-state index contributed by atoms with van der Waals surface area (Å²) in [5.74, 6) is 0.926. The Morgan fingerprint density at radius 1 is 1.43 bits per heavy atom. The summed E-state index contributed by atoms with van der Waals surface area (Å²) in [7, 11) is 0. The van der Waals surface area contributed by atoms with E-state index in [1.807, 2.05) is 21.9 Å². The molecule has 3 heterocycles. The zero-order valence-electron chi connectivity index (χ0n) is 11.8. The highest BCUT2D eigenvalue weighted by Crippen LogP contribution is 2.34. The summed E-state index contributed by atoms with van der Waals surface area (Å²) in [5.41, 5.74) is 2.18. The molecule has 6 heteroatoms. The quantitative estimate of drug-likeness (QED) is 0.900. The highest BCUT2D eigenvalue weighted by Gasteiger charge is 2.38. The lowest BCUT2D eigenvalue weighted by Gasteiger charge is -2.28. The van der Waals surface area contributed by atoms with E-state index in [0.29, 0.717) is 19.2 Å². The first-order valence-corrected chi connectivity index (χ1v) is 7.80. The molecule has 0 saturated carbocycles. The standard InChI is InChI=1S/C15H18ClN3O2/c16-12-5-10-1-4-21-14(10)11(6-12)8-18-9-13-7-17-2-3-19(13)15(18)20/h5-6,13,17H,1-4,7-9H2. The Morgan fingerprint density at radius 3 is 3.19 bits per heavy atom. The number of carbonyl (C=O) groups excluding carboxylic acids is 1. The number of halogens is 1. The first-order valence-electron chi connectivity index (χ1n) is 7.43. The zero-order chi connectivity index (χ0) is 14.4. The highest BCUT2D eigenvalue weighted by atomic mass is 35.5. The Morgan fingerprint density at radius 2 is 2.33 bits per heavy atom. The number of piperazine rings is 1. The van der Waals surface area contributed by atoms with Crippen LogP contribution in [0.25, 0.3) is 0 Å². The van der Waals surface area contributed by atoms with Crippen LogP contribution < -0.4 is 10.1 Å². The molecule has 1 aromatic rings. The van der Waals surface area contributed by atoms with Gasteiger partial charge in [-0.3, -0.25) is 0 Å². The molecule has 0 radical (unpaired) electrons. The SMILES string of the molecule is O=C1N(Cc2cc(Cl)cc3c2OCC3)CC2CNCCN12. The molecule has 1 atom stereocenters. The van der Waals surface area contributed by atoms with Crippen molar-refractivity contribution in [2.45, 2.75) is 19.0 Å². The van der Waals surface area contributed by atoms with Crippen molar-refractivity contribution in [2.75, 3.05) is 32.8 Å². The lowest BCUT2D eigenvalue weighted by Crippen LogP contribution is -2.49. The molecule has 3 aliphatic rings. The smallest absolute Gasteiger partial charge is 0.320 e. The van der Waals surface area contributed by atoms with Crippen molar-refractivity contribution in [3.05, 3.63) is 28.3 Å². The minimum atomic E-state index is 0.133. The summed E-state index contributed by atoms with van der Waals surface area (Å²) >= 11 is 6.19. The first-order chi connectivity index (χ1) is 10.2. The number of amides is 2. The van der Waals surface area contributed by atoms with Crippen LogP contribution in [0.3, 0.4) is 0 Å². The van der Waals surface area contributed by atoms with E-state index in [9.17, 15) is 4.79 Å². The fraction of sp³-hybridized carbons (Fsp3) is 0.533. The van der Waals surface area contributed by atoms with Gasteiger partial charge in [0.1, 0.15) is 5.75 Å². The summed E-state index contributed by atoms with van der Waals surface area (Å²) in [4.78, 5) is 16.4. The van der Waals surface area contributed by atoms with Crippen LogP contribution in [0.15, 0.2) is 12.1 Å². The monoisotopic (exact) mass is 307 g/mol. The average molecular weight is 308 g/mol. The maximum Gasteiger partial charge on any atom is 0.320 e. The largest absolute Gasteiger partial charge is 0.493 e. The number of ether oxygens (including phenoxy) is 1. The molecule has 1 N–H and O–H groups in total. The van der Waals surface area contributed by atoms with Gasteiger partial charge in [0, 0.05) is 43.2 Å². The lowest BCUT2D eigenvalue weighted by molar-refractivity contribution is 0.178. The van der Waals surface area contributed by atoms with Crippen molar-refractivity contribution >= 4 is 17.6 Å². The Hall–Kier alpha value is -1.46. The van der Waals surface area contributed by atoms with Crippen LogP contribution in [-0.4, -0.2) is 54.7 Å². The molecule has 0 spiro atoms. The number of fused-ring (bicyclic) bond motifs is 2. The van der Waals surface area contributed by atoms with Crippen LogP contribution in [0.1, 0.15) is 11.1 Å². The van der Waals surface area contributed by atoms with Crippen LogP contribution in [-0.2, 0) is 13.0 Å². The Bertz CT molecular complexity index is 593. The van der Waals surface area contributed by atoms with Crippen molar-refractivity contribution in [3.63, 3.8) is 0 Å². The number of nitrogens with zero attached hydrogens (tertiary/aromatic N) is 2. The Balaban J connectivity index is 1.58. The fourth-order valence-corrected chi connectivity index (χ4v) is 3.75. The van der Waals surface area contributed by atoms with Gasteiger partial charge < -0.3 is 19.9 Å². The molecule has 2 amide bonds. The van der Waals surface area contributed by atoms with Gasteiger partial charge in [-0.2, -0.15) is 0 Å². The molecule has 3 aliphatic heterocycles. The molecular formula is C15H18ClN3O2. The number of rotatable bonds is 2. The number of urea groups is 1. The van der Waals surface area contributed by atoms with Gasteiger partial charge >= 0.3 is 6.03 Å². The van der Waals surface area contributed by atoms with E-state index in [1.165, 1.54) is 0 Å². The molecular weight excluding hydrogens is 290 g/mol. The van der Waals surface area contributed by atoms with Gasteiger partial charge in [-0.25, -0.2) is 4.79 Å². The second kappa shape index (κ2) is 5.07. The first kappa shape index (κ1) is 13.2. The lowest BCUT2D eigenvalue weighted by atomic mass is 10.1. The van der Waals surface area contributed by atoms with E-state index in [2.05, 4.69) is 5.32 Å². The van der Waals surface area contributed by atoms with E-state index < -0.39 is 0 Å². The van der Waals surface area contributed by atoms with Gasteiger partial charge in [-0.15, -0.1) is 0 Å². The summed E-state index contributed by atoms with van der Waals surface area (Å²) in [6, 6.07) is 4.31. The van der Waals surface area contributed by atoms with Crippen molar-refractivity contribution in [3.8, 4) is 5.75 Å². The highest BCUT2D eigenvalue weighted by molar-refractivity contribution is 6.30. The second-order valence-corrected chi connectivity index (χ2v) is 6.30. The maximum atomic E-state index is 12.5. The third-order valence-electron chi connectivity index (χ3n) is 4.48. The molecule has 112 valence electrons. The minimum Gasteiger partial charge on any atom is -0.493 e. The normalized spacial score (nSPS) is 24.0. The molecule has 21 heavy (non-hydrogen) atoms. The number of nitrogens with one attached hydrogen (secondary N) is 1. The Labute approximate surface area is 128 Å². The predicted octanol–water partition coefficient (Wildman–Crippen LogP) is 1.48. The molecule has 1 unspecified atom stereocenters. The maximum absolute atomic E-state index is 12.5. The number of carbonyl (C=O) groups is 1. The van der Waals surface area contributed by atoms with Gasteiger partial charge in [0.05, 0.1) is 19.2 Å². The van der Waals surface area contributed by atoms with Crippen molar-refractivity contribution in [2.24, 2.45) is 0 Å². The molecule has 0 bridgehead atoms. The van der Waals surface area contributed by atoms with Crippen molar-refractivity contribution in [1.82, 2.24) is 15.1 Å². The van der Waals surface area contributed by atoms with Crippen LogP contribution in [0.2, 0.25) is 5.02 Å². The third-order valence-corrected chi connectivity index (χ3v) is 4.70. The van der Waals surface area contributed by atoms with E-state index in [4.69, 9.17) is 16.3 Å². The predicted molar refractivity (Wildman–Crippen MR) is 79.8 cm³/mol. The summed E-state index contributed by atoms with van der Waals surface area (Å²) in [6.45, 7) is 4.61. The summed E-state index contributed by atoms with van der Waals surface area (Å²) < 4.78 is 5.73. The van der Waals surface area contributed by atoms with Crippen molar-refractivity contribution in [1.29, 1.82) is 0 Å². The summed E-state index contributed by atoms with van der Waals surface area (Å²) in [5, 5.41) is 4.07. The zero-order valence-corrected chi connectivity index (χ0v) is 12.5. The van der Waals surface area contributed by atoms with Gasteiger partial charge in [-0.05, 0) is 17.7 Å². The second-order valence-electron chi connectivity index (χ2n) is 5.87. The number of hydrogen-bond donors (Lipinski definition) is 1. The molecule has 0 aromatic heterocycles. The van der Waals surface area contributed by atoms with E-state index in [-0.39, 0.29) is 6.03 Å². The molecule has 4 rings (SSSR count). The van der Waals surface area contributed by atoms with E-state index >= 15 is 0 Å². The number of hydrogen-bond acceptors (Lipinski definition) is 3. The van der Waals surface area contributed by atoms with Crippen LogP contribution in [0.4, 0.5) is 4.79 Å². The van der Waals surface area contributed by atoms with Crippen LogP contribution >= 0.6 is 11.6 Å². The van der Waals surface area contributed by atoms with Gasteiger partial charge in [-0.1, -0.05) is 11.6 Å². The molecule has 5 nitrogen and oxygen atoms in total. The molecule has 0 aliphatic carbocycles. The molecule has 1 aromatic carbocycles. The van der Waals surface area contributed by atoms with E-state index in [1.54, 1.807) is 0 Å². The van der Waals surface area contributed by atoms with Gasteiger partial charge in [0.25, 0.3) is 0 Å². The van der Waals surface area contributed by atoms with Crippen molar-refractivity contribution < 1.29 is 9.53 Å². The minimum absolute atomic E-state index is 0.133. The van der Waals surface area contributed by atoms with Crippen LogP contribution in [0, 0.1) is 0 Å². The van der Waals surface area contributed by atoms with Gasteiger partial charge in [0.2, 0.25) is 0 Å². The van der Waals surface area contributed by atoms with E-state index in [0.717, 1.165) is 54.5 Å². The topological polar surface area (TPSA) is 44.8 Å². The van der Waals surface area contributed by atoms with Crippen LogP contribution in [0.5, 0.6) is 5.75 Å². The number of benzene rings is 1. The molecule has 2 fully saturated rings. The third kappa shape index (κ3) is 2.24. The van der Waals surface area contributed by atoms with Gasteiger partial charge in [0.15, 0.2) is 0 Å². The Kier molecular flexibility index (Phi) is 3.19. The average Bonchev–Trinajstić information content (AvgIpc) is 3.05. The molecule has 2 saturated heterocycles.